The van der Waals surface area contributed by atoms with E-state index in [-0.39, 0.29) is 0 Å². The van der Waals surface area contributed by atoms with E-state index in [0.717, 1.165) is 47.9 Å². The molecule has 26 heavy (non-hydrogen) atoms. The Morgan fingerprint density at radius 1 is 1.27 bits per heavy atom. The fourth-order valence-electron chi connectivity index (χ4n) is 3.74. The highest BCUT2D eigenvalue weighted by atomic mass is 16.5. The number of aryl methyl sites for hydroxylation is 1. The molecule has 1 aliphatic rings. The van der Waals surface area contributed by atoms with Crippen LogP contribution in [-0.2, 0) is 17.9 Å². The van der Waals surface area contributed by atoms with Crippen LogP contribution in [0.15, 0.2) is 30.6 Å². The summed E-state index contributed by atoms with van der Waals surface area (Å²) in [6.07, 6.45) is 6.19. The Morgan fingerprint density at radius 3 is 2.88 bits per heavy atom. The third-order valence-electron chi connectivity index (χ3n) is 5.06. The summed E-state index contributed by atoms with van der Waals surface area (Å²) in [6, 6.07) is 6.31. The fourth-order valence-corrected chi connectivity index (χ4v) is 3.74. The Bertz CT molecular complexity index is 874. The monoisotopic (exact) mass is 351 g/mol. The zero-order valence-corrected chi connectivity index (χ0v) is 15.4. The first-order valence-electron chi connectivity index (χ1n) is 9.19. The van der Waals surface area contributed by atoms with E-state index in [0.29, 0.717) is 12.5 Å². The molecule has 0 aliphatic carbocycles. The zero-order chi connectivity index (χ0) is 17.9. The molecular weight excluding hydrogens is 326 g/mol. The minimum Gasteiger partial charge on any atom is -0.377 e. The van der Waals surface area contributed by atoms with Gasteiger partial charge in [-0.15, -0.1) is 0 Å². The van der Waals surface area contributed by atoms with Gasteiger partial charge in [0.1, 0.15) is 12.4 Å². The predicted octanol–water partition coefficient (Wildman–Crippen LogP) is 3.19. The highest BCUT2D eigenvalue weighted by molar-refractivity contribution is 5.78. The van der Waals surface area contributed by atoms with E-state index in [1.807, 2.05) is 12.4 Å². The number of H-pyrrole nitrogens is 1. The molecule has 0 radical (unpaired) electrons. The molecule has 1 aromatic carbocycles. The topological polar surface area (TPSA) is 66.9 Å². The highest BCUT2D eigenvalue weighted by Crippen LogP contribution is 2.28. The molecule has 3 aromatic rings. The number of aromatic amines is 1. The maximum atomic E-state index is 5.07. The van der Waals surface area contributed by atoms with Gasteiger partial charge in [-0.05, 0) is 37.9 Å². The molecule has 1 atom stereocenters. The first-order valence-corrected chi connectivity index (χ1v) is 9.19. The Hall–Kier alpha value is -2.31. The van der Waals surface area contributed by atoms with Crippen molar-refractivity contribution < 1.29 is 4.74 Å². The maximum Gasteiger partial charge on any atom is 0.153 e. The first-order chi connectivity index (χ1) is 12.7. The Morgan fingerprint density at radius 2 is 2.12 bits per heavy atom. The molecule has 0 unspecified atom stereocenters. The van der Waals surface area contributed by atoms with Crippen molar-refractivity contribution in [3.63, 3.8) is 0 Å². The van der Waals surface area contributed by atoms with E-state index < -0.39 is 0 Å². The molecule has 0 spiro atoms. The van der Waals surface area contributed by atoms with E-state index in [4.69, 9.17) is 9.72 Å². The van der Waals surface area contributed by atoms with Gasteiger partial charge in [-0.1, -0.05) is 12.1 Å². The Kier molecular flexibility index (Phi) is 4.95. The molecule has 1 aliphatic heterocycles. The van der Waals surface area contributed by atoms with Crippen LogP contribution in [0.25, 0.3) is 11.0 Å². The van der Waals surface area contributed by atoms with Crippen molar-refractivity contribution in [2.75, 3.05) is 20.2 Å². The largest absolute Gasteiger partial charge is 0.377 e. The van der Waals surface area contributed by atoms with Gasteiger partial charge >= 0.3 is 0 Å². The second-order valence-corrected chi connectivity index (χ2v) is 7.11. The number of fused-ring (bicyclic) bond motifs is 1. The second-order valence-electron chi connectivity index (χ2n) is 7.11. The van der Waals surface area contributed by atoms with Crippen LogP contribution in [0.2, 0.25) is 0 Å². The van der Waals surface area contributed by atoms with Crippen molar-refractivity contribution in [2.24, 2.45) is 0 Å². The molecular formula is C20H25N5O. The number of ether oxygens (including phenoxy) is 1. The summed E-state index contributed by atoms with van der Waals surface area (Å²) in [5.74, 6) is 2.29. The molecule has 1 saturated heterocycles. The average molecular weight is 351 g/mol. The lowest BCUT2D eigenvalue weighted by Gasteiger charge is -2.31. The van der Waals surface area contributed by atoms with Gasteiger partial charge in [-0.3, -0.25) is 4.90 Å². The van der Waals surface area contributed by atoms with E-state index in [1.165, 1.54) is 18.4 Å². The third kappa shape index (κ3) is 3.61. The summed E-state index contributed by atoms with van der Waals surface area (Å²) < 4.78 is 5.07. The number of imidazole rings is 1. The number of nitrogens with one attached hydrogen (secondary N) is 1. The molecule has 1 fully saturated rings. The number of rotatable bonds is 5. The Balaban J connectivity index is 1.45. The van der Waals surface area contributed by atoms with Gasteiger partial charge in [-0.2, -0.15) is 0 Å². The normalized spacial score (nSPS) is 18.5. The molecule has 2 aromatic heterocycles. The standard InChI is InChI=1S/C20H25N5O/c1-14-5-3-7-17-19(14)24-20(23-17)16-6-4-8-25(12-16)11-15-9-21-18(13-26-2)22-10-15/h3,5,7,9-10,16H,4,6,8,11-13H2,1-2H3,(H,23,24)/t16-/m0/s1. The van der Waals surface area contributed by atoms with Crippen LogP contribution in [-0.4, -0.2) is 45.0 Å². The number of para-hydroxylation sites is 1. The number of hydrogen-bond donors (Lipinski definition) is 1. The van der Waals surface area contributed by atoms with Crippen molar-refractivity contribution in [3.8, 4) is 0 Å². The number of likely N-dealkylation sites (tertiary alicyclic amines) is 1. The summed E-state index contributed by atoms with van der Waals surface area (Å²) in [4.78, 5) is 19.6. The summed E-state index contributed by atoms with van der Waals surface area (Å²) in [5.41, 5.74) is 4.61. The molecule has 4 rings (SSSR count). The summed E-state index contributed by atoms with van der Waals surface area (Å²) in [7, 11) is 1.66. The van der Waals surface area contributed by atoms with Crippen LogP contribution >= 0.6 is 0 Å². The lowest BCUT2D eigenvalue weighted by molar-refractivity contribution is 0.177. The van der Waals surface area contributed by atoms with Crippen molar-refractivity contribution in [2.45, 2.75) is 38.8 Å². The average Bonchev–Trinajstić information content (AvgIpc) is 3.10. The van der Waals surface area contributed by atoms with Crippen molar-refractivity contribution in [1.82, 2.24) is 24.8 Å². The molecule has 3 heterocycles. The van der Waals surface area contributed by atoms with Gasteiger partial charge in [0, 0.05) is 44.1 Å². The van der Waals surface area contributed by atoms with E-state index in [9.17, 15) is 0 Å². The van der Waals surface area contributed by atoms with Crippen molar-refractivity contribution in [1.29, 1.82) is 0 Å². The van der Waals surface area contributed by atoms with E-state index in [1.54, 1.807) is 7.11 Å². The molecule has 0 bridgehead atoms. The molecule has 6 nitrogen and oxygen atoms in total. The van der Waals surface area contributed by atoms with Gasteiger partial charge in [0.05, 0.1) is 11.0 Å². The Labute approximate surface area is 153 Å². The van der Waals surface area contributed by atoms with Crippen LogP contribution < -0.4 is 0 Å². The molecule has 6 heteroatoms. The molecule has 0 amide bonds. The number of aromatic nitrogens is 4. The zero-order valence-electron chi connectivity index (χ0n) is 15.4. The minimum absolute atomic E-state index is 0.448. The maximum absolute atomic E-state index is 5.07. The van der Waals surface area contributed by atoms with Crippen molar-refractivity contribution >= 4 is 11.0 Å². The summed E-state index contributed by atoms with van der Waals surface area (Å²) in [5, 5.41) is 0. The number of nitrogens with zero attached hydrogens (tertiary/aromatic N) is 4. The van der Waals surface area contributed by atoms with E-state index in [2.05, 4.69) is 45.0 Å². The number of benzene rings is 1. The number of methoxy groups -OCH3 is 1. The van der Waals surface area contributed by atoms with Gasteiger partial charge in [0.25, 0.3) is 0 Å². The number of piperidine rings is 1. The van der Waals surface area contributed by atoms with E-state index >= 15 is 0 Å². The lowest BCUT2D eigenvalue weighted by atomic mass is 9.97. The quantitative estimate of drug-likeness (QED) is 0.765. The van der Waals surface area contributed by atoms with Crippen LogP contribution in [0.4, 0.5) is 0 Å². The summed E-state index contributed by atoms with van der Waals surface area (Å²) >= 11 is 0. The lowest BCUT2D eigenvalue weighted by Crippen LogP contribution is -2.34. The van der Waals surface area contributed by atoms with Gasteiger partial charge in [0.15, 0.2) is 5.82 Å². The van der Waals surface area contributed by atoms with Gasteiger partial charge in [-0.25, -0.2) is 15.0 Å². The predicted molar refractivity (Wildman–Crippen MR) is 101 cm³/mol. The van der Waals surface area contributed by atoms with Crippen LogP contribution in [0, 0.1) is 6.92 Å². The molecule has 136 valence electrons. The fraction of sp³-hybridized carbons (Fsp3) is 0.450. The molecule has 0 saturated carbocycles. The van der Waals surface area contributed by atoms with Crippen molar-refractivity contribution in [3.05, 3.63) is 53.4 Å². The highest BCUT2D eigenvalue weighted by Gasteiger charge is 2.24. The second kappa shape index (κ2) is 7.51. The van der Waals surface area contributed by atoms with Crippen LogP contribution in [0.5, 0.6) is 0 Å². The van der Waals surface area contributed by atoms with Gasteiger partial charge in [0.2, 0.25) is 0 Å². The van der Waals surface area contributed by atoms with Crippen LogP contribution in [0.1, 0.15) is 41.5 Å². The molecule has 1 N–H and O–H groups in total. The SMILES string of the molecule is COCc1ncc(CN2CCC[C@H](c3nc4c(C)cccc4[nH]3)C2)cn1. The smallest absolute Gasteiger partial charge is 0.153 e. The number of hydrogen-bond acceptors (Lipinski definition) is 5. The van der Waals surface area contributed by atoms with Gasteiger partial charge < -0.3 is 9.72 Å². The van der Waals surface area contributed by atoms with Crippen LogP contribution in [0.3, 0.4) is 0 Å². The third-order valence-corrected chi connectivity index (χ3v) is 5.06. The first kappa shape index (κ1) is 17.1. The minimum atomic E-state index is 0.448. The summed E-state index contributed by atoms with van der Waals surface area (Å²) in [6.45, 7) is 5.57.